The third-order valence-corrected chi connectivity index (χ3v) is 4.27. The number of aromatic amines is 1. The lowest BCUT2D eigenvalue weighted by Crippen LogP contribution is -2.13. The van der Waals surface area contributed by atoms with Crippen molar-refractivity contribution in [1.29, 1.82) is 0 Å². The minimum atomic E-state index is -4.52. The number of hydrogen-bond acceptors (Lipinski definition) is 5. The summed E-state index contributed by atoms with van der Waals surface area (Å²) in [6.45, 7) is 0. The third-order valence-electron chi connectivity index (χ3n) is 3.94. The Kier molecular flexibility index (Phi) is 4.63. The van der Waals surface area contributed by atoms with Crippen LogP contribution in [0.5, 0.6) is 0 Å². The molecule has 3 aromatic heterocycles. The van der Waals surface area contributed by atoms with E-state index in [1.165, 1.54) is 24.7 Å². The highest BCUT2D eigenvalue weighted by atomic mass is 35.5. The number of amides is 1. The quantitative estimate of drug-likeness (QED) is 0.516. The summed E-state index contributed by atoms with van der Waals surface area (Å²) < 4.78 is 38.6. The zero-order chi connectivity index (χ0) is 20.6. The van der Waals surface area contributed by atoms with Gasteiger partial charge in [0.1, 0.15) is 11.5 Å². The van der Waals surface area contributed by atoms with Gasteiger partial charge < -0.3 is 10.3 Å². The first-order chi connectivity index (χ1) is 13.8. The molecule has 0 saturated heterocycles. The normalized spacial score (nSPS) is 11.6. The molecule has 0 bridgehead atoms. The van der Waals surface area contributed by atoms with Crippen molar-refractivity contribution in [3.05, 3.63) is 65.3 Å². The molecule has 7 nitrogen and oxygen atoms in total. The maximum absolute atomic E-state index is 12.9. The number of aromatic nitrogens is 5. The Hall–Kier alpha value is -3.53. The van der Waals surface area contributed by atoms with E-state index in [4.69, 9.17) is 11.6 Å². The van der Waals surface area contributed by atoms with Crippen molar-refractivity contribution in [1.82, 2.24) is 24.9 Å². The second-order valence-electron chi connectivity index (χ2n) is 5.92. The van der Waals surface area contributed by atoms with Gasteiger partial charge in [-0.1, -0.05) is 11.6 Å². The average molecular weight is 419 g/mol. The van der Waals surface area contributed by atoms with Crippen LogP contribution in [0, 0.1) is 0 Å². The number of carbonyl (C=O) groups excluding carboxylic acids is 1. The molecule has 1 aromatic carbocycles. The summed E-state index contributed by atoms with van der Waals surface area (Å²) in [6, 6.07) is 5.57. The summed E-state index contributed by atoms with van der Waals surface area (Å²) in [4.78, 5) is 30.7. The highest BCUT2D eigenvalue weighted by molar-refractivity contribution is 6.33. The molecular weight excluding hydrogens is 409 g/mol. The molecule has 0 fully saturated rings. The molecule has 0 aliphatic rings. The van der Waals surface area contributed by atoms with Gasteiger partial charge in [0.25, 0.3) is 5.91 Å². The van der Waals surface area contributed by atoms with Crippen LogP contribution in [0.1, 0.15) is 16.1 Å². The fourth-order valence-electron chi connectivity index (χ4n) is 2.58. The number of benzene rings is 1. The Bertz CT molecular complexity index is 1210. The summed E-state index contributed by atoms with van der Waals surface area (Å²) >= 11 is 6.22. The maximum atomic E-state index is 12.9. The molecule has 0 radical (unpaired) electrons. The van der Waals surface area contributed by atoms with Gasteiger partial charge in [0.2, 0.25) is 0 Å². The molecule has 0 saturated carbocycles. The molecule has 0 unspecified atom stereocenters. The zero-order valence-corrected chi connectivity index (χ0v) is 15.1. The van der Waals surface area contributed by atoms with Crippen molar-refractivity contribution in [2.24, 2.45) is 0 Å². The van der Waals surface area contributed by atoms with Crippen LogP contribution in [0.15, 0.2) is 49.1 Å². The number of carbonyl (C=O) groups is 1. The monoisotopic (exact) mass is 418 g/mol. The van der Waals surface area contributed by atoms with E-state index in [0.29, 0.717) is 17.4 Å². The second-order valence-corrected chi connectivity index (χ2v) is 6.32. The largest absolute Gasteiger partial charge is 0.417 e. The number of imidazole rings is 1. The van der Waals surface area contributed by atoms with Gasteiger partial charge in [0.05, 0.1) is 22.3 Å². The molecule has 4 rings (SSSR count). The van der Waals surface area contributed by atoms with Gasteiger partial charge in [-0.05, 0) is 24.3 Å². The Morgan fingerprint density at radius 1 is 1.10 bits per heavy atom. The summed E-state index contributed by atoms with van der Waals surface area (Å²) in [5, 5.41) is 2.94. The number of nitrogens with zero attached hydrogens (tertiary/aromatic N) is 4. The smallest absolute Gasteiger partial charge is 0.337 e. The third kappa shape index (κ3) is 3.87. The first-order valence-corrected chi connectivity index (χ1v) is 8.49. The number of anilines is 1. The average Bonchev–Trinajstić information content (AvgIpc) is 3.12. The Balaban J connectivity index is 1.68. The molecule has 11 heteroatoms. The van der Waals surface area contributed by atoms with Gasteiger partial charge in [-0.3, -0.25) is 9.78 Å². The minimum absolute atomic E-state index is 0.109. The van der Waals surface area contributed by atoms with Crippen LogP contribution in [0.4, 0.5) is 18.9 Å². The second kappa shape index (κ2) is 7.13. The van der Waals surface area contributed by atoms with Crippen molar-refractivity contribution in [2.75, 3.05) is 5.32 Å². The summed E-state index contributed by atoms with van der Waals surface area (Å²) in [5.74, 6) is -0.264. The fraction of sp³-hybridized carbons (Fsp3) is 0.0556. The lowest BCUT2D eigenvalue weighted by Gasteiger charge is -2.07. The van der Waals surface area contributed by atoms with Crippen LogP contribution in [-0.2, 0) is 6.18 Å². The van der Waals surface area contributed by atoms with Crippen LogP contribution >= 0.6 is 11.6 Å². The number of fused-ring (bicyclic) bond motifs is 1. The van der Waals surface area contributed by atoms with Gasteiger partial charge >= 0.3 is 6.18 Å². The number of nitrogens with one attached hydrogen (secondary N) is 2. The van der Waals surface area contributed by atoms with Crippen molar-refractivity contribution in [3.8, 4) is 11.4 Å². The lowest BCUT2D eigenvalue weighted by atomic mass is 10.2. The predicted molar refractivity (Wildman–Crippen MR) is 99.3 cm³/mol. The Labute approximate surface area is 166 Å². The van der Waals surface area contributed by atoms with Gasteiger partial charge in [-0.15, -0.1) is 0 Å². The summed E-state index contributed by atoms with van der Waals surface area (Å²) in [7, 11) is 0. The topological polar surface area (TPSA) is 96.5 Å². The van der Waals surface area contributed by atoms with E-state index in [1.54, 1.807) is 12.1 Å². The molecule has 29 heavy (non-hydrogen) atoms. The van der Waals surface area contributed by atoms with Crippen molar-refractivity contribution >= 4 is 34.4 Å². The Morgan fingerprint density at radius 3 is 2.66 bits per heavy atom. The van der Waals surface area contributed by atoms with E-state index in [1.807, 2.05) is 0 Å². The van der Waals surface area contributed by atoms with Crippen LogP contribution in [0.2, 0.25) is 5.02 Å². The zero-order valence-electron chi connectivity index (χ0n) is 14.3. The highest BCUT2D eigenvalue weighted by Gasteiger charge is 2.31. The molecule has 3 heterocycles. The molecule has 0 aliphatic carbocycles. The van der Waals surface area contributed by atoms with E-state index in [2.05, 4.69) is 30.2 Å². The predicted octanol–water partition coefficient (Wildman–Crippen LogP) is 4.34. The lowest BCUT2D eigenvalue weighted by molar-refractivity contribution is -0.137. The minimum Gasteiger partial charge on any atom is -0.337 e. The van der Waals surface area contributed by atoms with Crippen LogP contribution in [0.3, 0.4) is 0 Å². The standard InChI is InChI=1S/C18H10ClF3N6O/c19-12-2-1-10(26-17(29)14-8-23-3-4-24-14)6-11(12)15-27-13-5-9(18(20,21)22)7-25-16(13)28-15/h1-8H,(H,26,29)(H,25,27,28). The van der Waals surface area contributed by atoms with Crippen LogP contribution in [-0.4, -0.2) is 30.8 Å². The Morgan fingerprint density at radius 2 is 1.93 bits per heavy atom. The van der Waals surface area contributed by atoms with Gasteiger partial charge in [0.15, 0.2) is 5.65 Å². The van der Waals surface area contributed by atoms with E-state index >= 15 is 0 Å². The number of halogens is 4. The SMILES string of the molecule is O=C(Nc1ccc(Cl)c(-c2nc3ncc(C(F)(F)F)cc3[nH]2)c1)c1cnccn1. The summed E-state index contributed by atoms with van der Waals surface area (Å²) in [6.07, 6.45) is 0.339. The molecule has 4 aromatic rings. The number of hydrogen-bond donors (Lipinski definition) is 2. The van der Waals surface area contributed by atoms with Crippen molar-refractivity contribution in [2.45, 2.75) is 6.18 Å². The van der Waals surface area contributed by atoms with E-state index < -0.39 is 17.6 Å². The number of rotatable bonds is 3. The summed E-state index contributed by atoms with van der Waals surface area (Å²) in [5.41, 5.74) is 0.227. The van der Waals surface area contributed by atoms with Crippen molar-refractivity contribution < 1.29 is 18.0 Å². The number of H-pyrrole nitrogens is 1. The van der Waals surface area contributed by atoms with Crippen LogP contribution < -0.4 is 5.32 Å². The molecule has 0 atom stereocenters. The van der Waals surface area contributed by atoms with Gasteiger partial charge in [-0.25, -0.2) is 15.0 Å². The van der Waals surface area contributed by atoms with Gasteiger partial charge in [0, 0.05) is 29.8 Å². The van der Waals surface area contributed by atoms with E-state index in [-0.39, 0.29) is 27.7 Å². The number of pyridine rings is 1. The molecule has 1 amide bonds. The van der Waals surface area contributed by atoms with E-state index in [9.17, 15) is 18.0 Å². The molecule has 146 valence electrons. The first kappa shape index (κ1) is 18.8. The fourth-order valence-corrected chi connectivity index (χ4v) is 2.79. The first-order valence-electron chi connectivity index (χ1n) is 8.11. The van der Waals surface area contributed by atoms with Crippen molar-refractivity contribution in [3.63, 3.8) is 0 Å². The highest BCUT2D eigenvalue weighted by Crippen LogP contribution is 2.33. The van der Waals surface area contributed by atoms with Gasteiger partial charge in [-0.2, -0.15) is 13.2 Å². The molecule has 2 N–H and O–H groups in total. The van der Waals surface area contributed by atoms with Crippen LogP contribution in [0.25, 0.3) is 22.6 Å². The molecule has 0 aliphatic heterocycles. The number of alkyl halides is 3. The molecular formula is C18H10ClF3N6O. The molecule has 0 spiro atoms. The van der Waals surface area contributed by atoms with E-state index in [0.717, 1.165) is 6.07 Å². The maximum Gasteiger partial charge on any atom is 0.417 e.